The number of nitrogen functional groups attached to an aromatic ring is 1. The van der Waals surface area contributed by atoms with Crippen molar-refractivity contribution >= 4 is 5.82 Å². The first kappa shape index (κ1) is 15.8. The molecule has 6 nitrogen and oxygen atoms in total. The molecule has 1 aromatic rings. The van der Waals surface area contributed by atoms with Crippen molar-refractivity contribution in [2.75, 3.05) is 19.0 Å². The zero-order chi connectivity index (χ0) is 15.8. The molecule has 1 aromatic heterocycles. The summed E-state index contributed by atoms with van der Waals surface area (Å²) in [5, 5.41) is 9.03. The standard InChI is InChI=1S/C12H16F3N3O3/c1-12(15)7(5-19)21-10(8(12)14)18-4-6(2-3-13)9(16)17-11(18)20/h4,7-8,10,19H,2-3,5H2,1H3,(H2,16,17,20). The van der Waals surface area contributed by atoms with Gasteiger partial charge in [0, 0.05) is 18.2 Å². The molecule has 9 heteroatoms. The first-order valence-corrected chi connectivity index (χ1v) is 6.35. The minimum absolute atomic E-state index is 0.112. The summed E-state index contributed by atoms with van der Waals surface area (Å²) in [6.45, 7) is -0.538. The highest BCUT2D eigenvalue weighted by atomic mass is 19.2. The molecule has 1 aliphatic heterocycles. The summed E-state index contributed by atoms with van der Waals surface area (Å²) in [7, 11) is 0. The van der Waals surface area contributed by atoms with Crippen LogP contribution in [0.1, 0.15) is 18.7 Å². The van der Waals surface area contributed by atoms with Crippen molar-refractivity contribution < 1.29 is 23.0 Å². The van der Waals surface area contributed by atoms with Gasteiger partial charge in [-0.1, -0.05) is 0 Å². The highest BCUT2D eigenvalue weighted by molar-refractivity contribution is 5.37. The molecule has 0 amide bonds. The Bertz CT molecular complexity index is 579. The van der Waals surface area contributed by atoms with Gasteiger partial charge in [0.05, 0.1) is 13.3 Å². The number of ether oxygens (including phenoxy) is 1. The maximum Gasteiger partial charge on any atom is 0.351 e. The summed E-state index contributed by atoms with van der Waals surface area (Å²) >= 11 is 0. The lowest BCUT2D eigenvalue weighted by molar-refractivity contribution is -0.0532. The molecule has 118 valence electrons. The molecule has 0 spiro atoms. The van der Waals surface area contributed by atoms with Gasteiger partial charge in [-0.3, -0.25) is 8.96 Å². The largest absolute Gasteiger partial charge is 0.394 e. The maximum absolute atomic E-state index is 14.2. The Morgan fingerprint density at radius 3 is 2.81 bits per heavy atom. The number of aromatic nitrogens is 2. The molecule has 0 bridgehead atoms. The number of nitrogens with two attached hydrogens (primary N) is 1. The molecule has 1 fully saturated rings. The van der Waals surface area contributed by atoms with E-state index in [1.54, 1.807) is 0 Å². The van der Waals surface area contributed by atoms with Gasteiger partial charge in [-0.05, 0) is 6.92 Å². The van der Waals surface area contributed by atoms with Crippen molar-refractivity contribution in [1.82, 2.24) is 9.55 Å². The van der Waals surface area contributed by atoms with E-state index in [0.717, 1.165) is 17.7 Å². The second kappa shape index (κ2) is 5.64. The molecular weight excluding hydrogens is 291 g/mol. The summed E-state index contributed by atoms with van der Waals surface area (Å²) in [5.74, 6) is -0.163. The Morgan fingerprint density at radius 1 is 1.62 bits per heavy atom. The Morgan fingerprint density at radius 2 is 2.29 bits per heavy atom. The number of halogens is 3. The van der Waals surface area contributed by atoms with Crippen molar-refractivity contribution in [3.63, 3.8) is 0 Å². The molecule has 2 heterocycles. The van der Waals surface area contributed by atoms with Crippen LogP contribution in [-0.4, -0.2) is 45.9 Å². The smallest absolute Gasteiger partial charge is 0.351 e. The maximum atomic E-state index is 14.2. The van der Waals surface area contributed by atoms with E-state index in [0.29, 0.717) is 0 Å². The Kier molecular flexibility index (Phi) is 4.24. The fraction of sp³-hybridized carbons (Fsp3) is 0.667. The normalized spacial score (nSPS) is 32.5. The number of anilines is 1. The van der Waals surface area contributed by atoms with Gasteiger partial charge >= 0.3 is 5.69 Å². The van der Waals surface area contributed by atoms with E-state index in [9.17, 15) is 18.0 Å². The van der Waals surface area contributed by atoms with Crippen LogP contribution in [0.2, 0.25) is 0 Å². The monoisotopic (exact) mass is 307 g/mol. The molecule has 4 atom stereocenters. The number of aliphatic hydroxyl groups is 1. The second-order valence-electron chi connectivity index (χ2n) is 5.03. The van der Waals surface area contributed by atoms with Crippen molar-refractivity contribution in [3.05, 3.63) is 22.2 Å². The molecule has 3 N–H and O–H groups in total. The van der Waals surface area contributed by atoms with Gasteiger partial charge in [0.2, 0.25) is 0 Å². The van der Waals surface area contributed by atoms with Crippen LogP contribution in [-0.2, 0) is 11.2 Å². The van der Waals surface area contributed by atoms with Gasteiger partial charge in [-0.25, -0.2) is 13.6 Å². The predicted molar refractivity (Wildman–Crippen MR) is 68.0 cm³/mol. The van der Waals surface area contributed by atoms with E-state index in [1.807, 2.05) is 0 Å². The van der Waals surface area contributed by atoms with Gasteiger partial charge in [-0.2, -0.15) is 4.98 Å². The van der Waals surface area contributed by atoms with Gasteiger partial charge in [0.15, 0.2) is 18.1 Å². The van der Waals surface area contributed by atoms with E-state index >= 15 is 0 Å². The van der Waals surface area contributed by atoms with Crippen LogP contribution in [0, 0.1) is 0 Å². The summed E-state index contributed by atoms with van der Waals surface area (Å²) < 4.78 is 46.6. The lowest BCUT2D eigenvalue weighted by Crippen LogP contribution is -2.40. The predicted octanol–water partition coefficient (Wildman–Crippen LogP) is 0.294. The van der Waals surface area contributed by atoms with Crippen LogP contribution in [0.15, 0.2) is 11.0 Å². The molecule has 1 aliphatic rings. The fourth-order valence-corrected chi connectivity index (χ4v) is 2.25. The number of hydrogen-bond acceptors (Lipinski definition) is 5. The average Bonchev–Trinajstić information content (AvgIpc) is 2.64. The Labute approximate surface area is 118 Å². The van der Waals surface area contributed by atoms with Crippen LogP contribution in [0.3, 0.4) is 0 Å². The summed E-state index contributed by atoms with van der Waals surface area (Å²) in [6.07, 6.45) is -4.19. The lowest BCUT2D eigenvalue weighted by atomic mass is 9.98. The van der Waals surface area contributed by atoms with Crippen LogP contribution in [0.4, 0.5) is 19.0 Å². The Hall–Kier alpha value is -1.61. The highest BCUT2D eigenvalue weighted by Gasteiger charge is 2.56. The Balaban J connectivity index is 2.43. The van der Waals surface area contributed by atoms with Crippen LogP contribution in [0.25, 0.3) is 0 Å². The zero-order valence-corrected chi connectivity index (χ0v) is 11.3. The molecule has 1 saturated heterocycles. The fourth-order valence-electron chi connectivity index (χ4n) is 2.25. The van der Waals surface area contributed by atoms with Crippen molar-refractivity contribution in [2.45, 2.75) is 37.5 Å². The second-order valence-corrected chi connectivity index (χ2v) is 5.03. The van der Waals surface area contributed by atoms with E-state index in [1.165, 1.54) is 0 Å². The number of rotatable bonds is 4. The summed E-state index contributed by atoms with van der Waals surface area (Å²) in [4.78, 5) is 15.2. The third kappa shape index (κ3) is 2.62. The zero-order valence-electron chi connectivity index (χ0n) is 11.3. The van der Waals surface area contributed by atoms with Crippen LogP contribution >= 0.6 is 0 Å². The van der Waals surface area contributed by atoms with Crippen molar-refractivity contribution in [1.29, 1.82) is 0 Å². The summed E-state index contributed by atoms with van der Waals surface area (Å²) in [6, 6.07) is 0. The molecule has 0 aromatic carbocycles. The number of hydrogen-bond donors (Lipinski definition) is 2. The van der Waals surface area contributed by atoms with Gasteiger partial charge in [0.1, 0.15) is 11.9 Å². The number of nitrogens with zero attached hydrogens (tertiary/aromatic N) is 2. The van der Waals surface area contributed by atoms with Crippen LogP contribution < -0.4 is 11.4 Å². The molecule has 2 rings (SSSR count). The topological polar surface area (TPSA) is 90.4 Å². The highest BCUT2D eigenvalue weighted by Crippen LogP contribution is 2.41. The minimum atomic E-state index is -2.46. The summed E-state index contributed by atoms with van der Waals surface area (Å²) in [5.41, 5.74) is 2.28. The first-order valence-electron chi connectivity index (χ1n) is 6.35. The molecule has 0 saturated carbocycles. The third-order valence-corrected chi connectivity index (χ3v) is 3.59. The molecular formula is C12H16F3N3O3. The number of aryl methyl sites for hydroxylation is 1. The first-order chi connectivity index (χ1) is 9.82. The minimum Gasteiger partial charge on any atom is -0.394 e. The van der Waals surface area contributed by atoms with Gasteiger partial charge < -0.3 is 15.6 Å². The van der Waals surface area contributed by atoms with Gasteiger partial charge in [0.25, 0.3) is 0 Å². The molecule has 0 aliphatic carbocycles. The van der Waals surface area contributed by atoms with Crippen molar-refractivity contribution in [3.8, 4) is 0 Å². The van der Waals surface area contributed by atoms with E-state index < -0.39 is 43.1 Å². The van der Waals surface area contributed by atoms with E-state index in [2.05, 4.69) is 4.98 Å². The van der Waals surface area contributed by atoms with Gasteiger partial charge in [-0.15, -0.1) is 0 Å². The molecule has 21 heavy (non-hydrogen) atoms. The lowest BCUT2D eigenvalue weighted by Gasteiger charge is -2.20. The SMILES string of the molecule is CC1(F)C(CO)OC(n2cc(CCF)c(N)nc2=O)C1F. The molecule has 0 radical (unpaired) electrons. The van der Waals surface area contributed by atoms with E-state index in [4.69, 9.17) is 15.6 Å². The number of alkyl halides is 3. The van der Waals surface area contributed by atoms with E-state index in [-0.39, 0.29) is 17.8 Å². The van der Waals surface area contributed by atoms with Crippen molar-refractivity contribution in [2.24, 2.45) is 0 Å². The average molecular weight is 307 g/mol. The third-order valence-electron chi connectivity index (χ3n) is 3.59. The number of aliphatic hydroxyl groups excluding tert-OH is 1. The molecule has 4 unspecified atom stereocenters. The van der Waals surface area contributed by atoms with Crippen LogP contribution in [0.5, 0.6) is 0 Å². The quantitative estimate of drug-likeness (QED) is 0.834.